The molecule has 13 amide bonds. The molecule has 3 aliphatic heterocycles. The monoisotopic (exact) mass is 1990 g/mol. The fraction of sp³-hybridized carbons (Fsp3) is 0.574. The van der Waals surface area contributed by atoms with Gasteiger partial charge in [-0.1, -0.05) is 39.3 Å². The Balaban J connectivity index is 0.000000295. The van der Waals surface area contributed by atoms with Gasteiger partial charge < -0.3 is 65.6 Å². The number of ketones is 1. The number of rotatable bonds is 22. The van der Waals surface area contributed by atoms with Gasteiger partial charge >= 0.3 is 42.5 Å². The number of hydrogen-bond donors (Lipinski definition) is 8. The van der Waals surface area contributed by atoms with Gasteiger partial charge in [0.2, 0.25) is 5.78 Å². The summed E-state index contributed by atoms with van der Waals surface area (Å²) in [6.45, 7) is 34.2. The van der Waals surface area contributed by atoms with Crippen molar-refractivity contribution in [2.75, 3.05) is 52.9 Å². The molecule has 0 bridgehead atoms. The molecule has 106 heavy (non-hydrogen) atoms. The Morgan fingerprint density at radius 2 is 0.774 bits per heavy atom. The molecule has 8 N–H and O–H groups in total. The molecule has 5 aromatic heterocycles. The van der Waals surface area contributed by atoms with E-state index in [1.54, 1.807) is 116 Å². The van der Waals surface area contributed by atoms with Gasteiger partial charge in [0, 0.05) is 56.3 Å². The van der Waals surface area contributed by atoms with Crippen molar-refractivity contribution in [1.82, 2.24) is 77.3 Å². The Morgan fingerprint density at radius 3 is 1.05 bits per heavy atom. The Hall–Kier alpha value is -5.05. The molecule has 8 rings (SSSR count). The molecular weight excluding hydrogens is 1910 g/mol. The number of amides is 13. The number of thiazole rings is 5. The van der Waals surface area contributed by atoms with E-state index in [4.69, 9.17) is 28.4 Å². The highest BCUT2D eigenvalue weighted by Crippen LogP contribution is 2.36. The van der Waals surface area contributed by atoms with Gasteiger partial charge in [-0.25, -0.2) is 68.3 Å². The lowest BCUT2D eigenvalue weighted by atomic mass is 10.0. The van der Waals surface area contributed by atoms with Gasteiger partial charge in [0.1, 0.15) is 73.9 Å². The van der Waals surface area contributed by atoms with Crippen LogP contribution in [0.25, 0.3) is 0 Å². The molecule has 3 saturated heterocycles. The molecule has 45 heteroatoms. The Kier molecular flexibility index (Phi) is 35.0. The highest BCUT2D eigenvalue weighted by Gasteiger charge is 2.57. The van der Waals surface area contributed by atoms with E-state index in [1.165, 1.54) is 45.3 Å². The third-order valence-corrected chi connectivity index (χ3v) is 25.1. The summed E-state index contributed by atoms with van der Waals surface area (Å²) in [7, 11) is -2.59. The highest BCUT2D eigenvalue weighted by atomic mass is 79.9. The van der Waals surface area contributed by atoms with Crippen molar-refractivity contribution in [3.63, 3.8) is 0 Å². The first kappa shape index (κ1) is 93.3. The van der Waals surface area contributed by atoms with Crippen LogP contribution in [0.15, 0.2) is 53.8 Å². The minimum Gasteiger partial charge on any atom is -0.444 e. The first-order chi connectivity index (χ1) is 48.7. The van der Waals surface area contributed by atoms with Crippen LogP contribution in [0.5, 0.6) is 0 Å². The second kappa shape index (κ2) is 39.7. The van der Waals surface area contributed by atoms with Gasteiger partial charge in [-0.3, -0.25) is 24.5 Å². The summed E-state index contributed by atoms with van der Waals surface area (Å²) >= 11 is 25.7. The van der Waals surface area contributed by atoms with E-state index in [2.05, 4.69) is 202 Å². The van der Waals surface area contributed by atoms with E-state index in [0.29, 0.717) is 51.7 Å². The van der Waals surface area contributed by atoms with Crippen LogP contribution in [-0.4, -0.2) is 192 Å². The van der Waals surface area contributed by atoms with Crippen molar-refractivity contribution < 1.29 is 81.2 Å². The average molecular weight is 2000 g/mol. The number of imide groups is 3. The SMILES string of the molecule is Brc1csc(Br)n1.CC(C)(C)OC(=O)NCC(=O)c1nc(Br)cs1.CC(C)(C)OC(=O)NCC1(c2nc(Br)cs2)NC(=O)N(COCC[Si](C)(C)C)C1=O.CC(C)(C)OC(=O)NCC1(c2nc(Br)cs2)NC(=O)NC1=O.CC(C)(C)OC(=O)NC[C@@]1(c2nc(Br)cs2)NC(=O)N(COCC[Si](C)(C)C)C1=O. The van der Waals surface area contributed by atoms with E-state index in [9.17, 15) is 52.7 Å². The quantitative estimate of drug-likeness (QED) is 0.0105. The van der Waals surface area contributed by atoms with E-state index in [0.717, 1.165) is 30.4 Å². The molecule has 0 aliphatic carbocycles. The van der Waals surface area contributed by atoms with Gasteiger partial charge in [0.05, 0.1) is 26.2 Å². The molecule has 3 fully saturated rings. The number of hydrogen-bond acceptors (Lipinski definition) is 27. The third-order valence-electron chi connectivity index (χ3n) is 12.9. The highest BCUT2D eigenvalue weighted by molar-refractivity contribution is 9.11. The van der Waals surface area contributed by atoms with E-state index >= 15 is 0 Å². The maximum atomic E-state index is 13.3. The molecular formula is C61H87Br6N15O17S5Si2. The van der Waals surface area contributed by atoms with Crippen molar-refractivity contribution in [2.45, 2.75) is 173 Å². The number of aromatic nitrogens is 5. The first-order valence-corrected chi connectivity index (χ1v) is 48.4. The zero-order valence-corrected chi connectivity index (χ0v) is 76.9. The van der Waals surface area contributed by atoms with Crippen LogP contribution in [0, 0.1) is 0 Å². The lowest BCUT2D eigenvalue weighted by Crippen LogP contribution is -2.53. The van der Waals surface area contributed by atoms with Crippen molar-refractivity contribution >= 4 is 234 Å². The van der Waals surface area contributed by atoms with Gasteiger partial charge in [-0.2, -0.15) is 0 Å². The smallest absolute Gasteiger partial charge is 0.408 e. The zero-order valence-electron chi connectivity index (χ0n) is 61.3. The topological polar surface area (TPSA) is 410 Å². The summed E-state index contributed by atoms with van der Waals surface area (Å²) in [6, 6.07) is 0.0148. The number of carbonyl (C=O) groups excluding carboxylic acids is 11. The summed E-state index contributed by atoms with van der Waals surface area (Å²) in [5.74, 6) is -1.88. The number of Topliss-reactive ketones (excluding diaryl/α,β-unsaturated/α-hetero) is 1. The van der Waals surface area contributed by atoms with Crippen molar-refractivity contribution in [2.24, 2.45) is 0 Å². The van der Waals surface area contributed by atoms with Crippen LogP contribution in [-0.2, 0) is 59.4 Å². The third kappa shape index (κ3) is 31.4. The zero-order chi connectivity index (χ0) is 80.4. The fourth-order valence-electron chi connectivity index (χ4n) is 8.14. The summed E-state index contributed by atoms with van der Waals surface area (Å²) in [6.07, 6.45) is -2.67. The number of alkyl carbamates (subject to hydrolysis) is 4. The largest absolute Gasteiger partial charge is 0.444 e. The Morgan fingerprint density at radius 1 is 0.453 bits per heavy atom. The standard InChI is InChI=1S/2C18H29BrN4O5SSi.C12H15BrN4O4S.C10H13BrN2O3S.C3HBr2NS/c2*1-17(2,3)28-16(26)20-10-18(13-21-12(19)9-29-13)14(24)23(15(25)22-18)11-27-7-8-30(4,5)6;1-11(2,3)21-10(20)14-5-12(7(18)16-9(19)17-12)8-15-6(13)4-22-8;1-10(2,3)16-9(15)12-4-6(14)8-13-7(11)5-17-8;4-2-1-7-3(5)6-2/h2*9H,7-8,10-11H2,1-6H3,(H,20,26)(H,22,25);4H,5H2,1-3H3,(H,14,20)(H2,16,17,18,19);5H,4H2,1-3H3,(H,12,15);1H/t18-;;;;/m0..../s1. The summed E-state index contributed by atoms with van der Waals surface area (Å²) in [4.78, 5) is 157. The van der Waals surface area contributed by atoms with Crippen molar-refractivity contribution in [1.29, 1.82) is 0 Å². The molecule has 8 heterocycles. The minimum atomic E-state index is -1.52. The maximum absolute atomic E-state index is 13.3. The van der Waals surface area contributed by atoms with Gasteiger partial charge in [0.25, 0.3) is 17.7 Å². The number of nitrogens with one attached hydrogen (secondary N) is 8. The number of nitrogens with zero attached hydrogens (tertiary/aromatic N) is 7. The van der Waals surface area contributed by atoms with Crippen LogP contribution in [0.2, 0.25) is 51.4 Å². The predicted octanol–water partition coefficient (Wildman–Crippen LogP) is 13.7. The fourth-order valence-corrected chi connectivity index (χ4v) is 16.7. The molecule has 2 unspecified atom stereocenters. The molecule has 0 saturated carbocycles. The average Bonchev–Trinajstić information content (AvgIpc) is 1.44. The second-order valence-corrected chi connectivity index (χ2v) is 50.2. The van der Waals surface area contributed by atoms with Gasteiger partial charge in [0.15, 0.2) is 25.5 Å². The molecule has 3 atom stereocenters. The van der Waals surface area contributed by atoms with Crippen molar-refractivity contribution in [3.8, 4) is 0 Å². The number of halogens is 6. The number of ether oxygens (including phenoxy) is 6. The summed E-state index contributed by atoms with van der Waals surface area (Å²) < 4.78 is 35.9. The van der Waals surface area contributed by atoms with E-state index < -0.39 is 115 Å². The van der Waals surface area contributed by atoms with Gasteiger partial charge in [-0.15, -0.1) is 56.7 Å². The molecule has 32 nitrogen and oxygen atoms in total. The van der Waals surface area contributed by atoms with Crippen LogP contribution in [0.3, 0.4) is 0 Å². The second-order valence-electron chi connectivity index (χ2n) is 29.3. The van der Waals surface area contributed by atoms with Crippen molar-refractivity contribution in [3.05, 3.63) is 73.9 Å². The summed E-state index contributed by atoms with van der Waals surface area (Å²) in [5, 5.41) is 30.3. The molecule has 3 aliphatic rings. The first-order valence-electron chi connectivity index (χ1n) is 31.9. The molecule has 0 aromatic carbocycles. The minimum absolute atomic E-state index is 0.116. The lowest BCUT2D eigenvalue weighted by Gasteiger charge is -2.26. The van der Waals surface area contributed by atoms with Crippen LogP contribution < -0.4 is 42.5 Å². The molecule has 588 valence electrons. The molecule has 0 radical (unpaired) electrons. The van der Waals surface area contributed by atoms with Crippen LogP contribution in [0.4, 0.5) is 33.6 Å². The van der Waals surface area contributed by atoms with Crippen LogP contribution in [0.1, 0.15) is 108 Å². The molecule has 0 spiro atoms. The predicted molar refractivity (Wildman–Crippen MR) is 428 cm³/mol. The maximum Gasteiger partial charge on any atom is 0.408 e. The molecule has 5 aromatic rings. The summed E-state index contributed by atoms with van der Waals surface area (Å²) in [5.41, 5.74) is -7.11. The normalized spacial score (nSPS) is 18.0. The van der Waals surface area contributed by atoms with E-state index in [-0.39, 0.29) is 45.4 Å². The Labute approximate surface area is 686 Å². The number of carbonyl (C=O) groups is 11. The van der Waals surface area contributed by atoms with E-state index in [1.807, 2.05) is 5.38 Å². The van der Waals surface area contributed by atoms with Crippen LogP contribution >= 0.6 is 152 Å². The number of urea groups is 3. The van der Waals surface area contributed by atoms with Gasteiger partial charge in [-0.05, 0) is 191 Å². The lowest BCUT2D eigenvalue weighted by molar-refractivity contribution is -0.136. The Bertz CT molecular complexity index is 3770.